The van der Waals surface area contributed by atoms with Gasteiger partial charge in [-0.05, 0) is 72.7 Å². The number of hydrogen-bond acceptors (Lipinski definition) is 9. The van der Waals surface area contributed by atoms with Gasteiger partial charge < -0.3 is 14.2 Å². The van der Waals surface area contributed by atoms with E-state index >= 15 is 0 Å². The molecule has 220 valence electrons. The first kappa shape index (κ1) is 30.3. The van der Waals surface area contributed by atoms with Gasteiger partial charge in [-0.2, -0.15) is 0 Å². The van der Waals surface area contributed by atoms with Crippen LogP contribution in [0.25, 0.3) is 6.08 Å². The smallest absolute Gasteiger partial charge is 0.338 e. The second kappa shape index (κ2) is 13.0. The molecule has 5 rings (SSSR count). The lowest BCUT2D eigenvalue weighted by Crippen LogP contribution is -2.44. The molecule has 2 aliphatic heterocycles. The fourth-order valence-corrected chi connectivity index (χ4v) is 6.07. The molecule has 3 amide bonds. The monoisotopic (exact) mass is 636 g/mol. The minimum atomic E-state index is -1.08. The maximum absolute atomic E-state index is 13.4. The minimum Gasteiger partial charge on any atom is -0.493 e. The van der Waals surface area contributed by atoms with Crippen LogP contribution < -0.4 is 14.4 Å². The van der Waals surface area contributed by atoms with Crippen LogP contribution in [-0.2, 0) is 25.7 Å². The molecule has 0 bridgehead atoms. The zero-order chi connectivity index (χ0) is 30.7. The molecule has 3 aromatic carbocycles. The average Bonchev–Trinajstić information content (AvgIpc) is 3.44. The summed E-state index contributed by atoms with van der Waals surface area (Å²) in [5.41, 5.74) is 2.18. The molecular weight excluding hydrogens is 612 g/mol. The summed E-state index contributed by atoms with van der Waals surface area (Å²) in [7, 11) is 1.52. The number of anilines is 1. The van der Waals surface area contributed by atoms with Crippen molar-refractivity contribution in [2.75, 3.05) is 18.6 Å². The van der Waals surface area contributed by atoms with Crippen molar-refractivity contribution in [3.05, 3.63) is 93.3 Å². The maximum atomic E-state index is 13.4. The van der Waals surface area contributed by atoms with Crippen LogP contribution in [0.15, 0.2) is 71.6 Å². The third kappa shape index (κ3) is 6.43. The molecule has 0 N–H and O–H groups in total. The van der Waals surface area contributed by atoms with Gasteiger partial charge >= 0.3 is 5.97 Å². The molecule has 2 heterocycles. The van der Waals surface area contributed by atoms with E-state index in [4.69, 9.17) is 38.0 Å². The second-order valence-electron chi connectivity index (χ2n) is 9.43. The number of hydrogen-bond donors (Lipinski definition) is 0. The first-order chi connectivity index (χ1) is 20.7. The third-order valence-corrected chi connectivity index (χ3v) is 8.27. The SMILES string of the molecule is CCOC(=O)c1ccc(N2C(=O)CC(N3C(=O)/C(=C/c4ccc(OCc5ccc(Cl)cc5)c(OC)c4)SC3=S)C2=O)cc1. The molecular formula is C31H25ClN2O7S2. The normalized spacial score (nSPS) is 17.7. The minimum absolute atomic E-state index is 0.178. The van der Waals surface area contributed by atoms with E-state index in [9.17, 15) is 19.2 Å². The molecule has 0 aromatic heterocycles. The molecule has 2 aliphatic rings. The molecule has 9 nitrogen and oxygen atoms in total. The average molecular weight is 637 g/mol. The van der Waals surface area contributed by atoms with Crippen LogP contribution in [-0.4, -0.2) is 52.7 Å². The highest BCUT2D eigenvalue weighted by molar-refractivity contribution is 8.26. The summed E-state index contributed by atoms with van der Waals surface area (Å²) in [6.07, 6.45) is 1.43. The topological polar surface area (TPSA) is 102 Å². The zero-order valence-electron chi connectivity index (χ0n) is 23.1. The van der Waals surface area contributed by atoms with Gasteiger partial charge in [0.15, 0.2) is 11.5 Å². The van der Waals surface area contributed by atoms with Crippen LogP contribution in [0.3, 0.4) is 0 Å². The number of thioether (sulfide) groups is 1. The van der Waals surface area contributed by atoms with E-state index < -0.39 is 29.7 Å². The molecule has 1 unspecified atom stereocenters. The predicted octanol–water partition coefficient (Wildman–Crippen LogP) is 5.64. The highest BCUT2D eigenvalue weighted by atomic mass is 35.5. The molecule has 2 fully saturated rings. The fraction of sp³-hybridized carbons (Fsp3) is 0.194. The van der Waals surface area contributed by atoms with Gasteiger partial charge in [0.05, 0.1) is 36.3 Å². The number of benzene rings is 3. The molecule has 0 aliphatic carbocycles. The summed E-state index contributed by atoms with van der Waals surface area (Å²) in [5, 5.41) is 0.638. The lowest BCUT2D eigenvalue weighted by atomic mass is 10.1. The standard InChI is InChI=1S/C31H25ClN2O7S2/c1-3-40-30(38)20-7-11-22(12-8-20)33-27(35)16-23(28(33)36)34-29(37)26(43-31(34)42)15-19-6-13-24(25(14-19)39-2)41-17-18-4-9-21(32)10-5-18/h4-15,23H,3,16-17H2,1-2H3/b26-15-. The first-order valence-corrected chi connectivity index (χ1v) is 14.8. The number of nitrogens with zero attached hydrogens (tertiary/aromatic N) is 2. The molecule has 1 atom stereocenters. The van der Waals surface area contributed by atoms with Gasteiger partial charge in [-0.25, -0.2) is 9.69 Å². The Kier molecular flexibility index (Phi) is 9.14. The Labute approximate surface area is 262 Å². The lowest BCUT2D eigenvalue weighted by Gasteiger charge is -2.21. The molecule has 43 heavy (non-hydrogen) atoms. The maximum Gasteiger partial charge on any atom is 0.338 e. The quantitative estimate of drug-likeness (QED) is 0.128. The van der Waals surface area contributed by atoms with E-state index in [1.807, 2.05) is 12.1 Å². The van der Waals surface area contributed by atoms with Crippen molar-refractivity contribution in [1.29, 1.82) is 0 Å². The molecule has 0 saturated carbocycles. The van der Waals surface area contributed by atoms with Crippen molar-refractivity contribution in [2.24, 2.45) is 0 Å². The fourth-order valence-electron chi connectivity index (χ4n) is 4.58. The second-order valence-corrected chi connectivity index (χ2v) is 11.5. The van der Waals surface area contributed by atoms with Crippen molar-refractivity contribution < 1.29 is 33.4 Å². The number of esters is 1. The van der Waals surface area contributed by atoms with E-state index in [1.54, 1.807) is 43.3 Å². The lowest BCUT2D eigenvalue weighted by molar-refractivity contribution is -0.129. The van der Waals surface area contributed by atoms with Crippen molar-refractivity contribution >= 4 is 75.4 Å². The Morgan fingerprint density at radius 2 is 1.77 bits per heavy atom. The van der Waals surface area contributed by atoms with E-state index in [-0.39, 0.29) is 23.0 Å². The zero-order valence-corrected chi connectivity index (χ0v) is 25.5. The van der Waals surface area contributed by atoms with Gasteiger partial charge in [-0.1, -0.05) is 53.8 Å². The Balaban J connectivity index is 1.30. The van der Waals surface area contributed by atoms with Gasteiger partial charge in [0.1, 0.15) is 17.0 Å². The molecule has 0 spiro atoms. The number of carbonyl (C=O) groups excluding carboxylic acids is 4. The van der Waals surface area contributed by atoms with Crippen LogP contribution in [0.5, 0.6) is 11.5 Å². The van der Waals surface area contributed by atoms with Crippen molar-refractivity contribution in [3.63, 3.8) is 0 Å². The van der Waals surface area contributed by atoms with E-state index in [0.29, 0.717) is 39.2 Å². The number of imide groups is 1. The number of rotatable bonds is 9. The largest absolute Gasteiger partial charge is 0.493 e. The Bertz CT molecular complexity index is 1640. The highest BCUT2D eigenvalue weighted by Gasteiger charge is 2.49. The van der Waals surface area contributed by atoms with Crippen molar-refractivity contribution in [3.8, 4) is 11.5 Å². The number of methoxy groups -OCH3 is 1. The predicted molar refractivity (Wildman–Crippen MR) is 167 cm³/mol. The van der Waals surface area contributed by atoms with Gasteiger partial charge in [0.2, 0.25) is 5.91 Å². The van der Waals surface area contributed by atoms with Crippen LogP contribution in [0.1, 0.15) is 34.8 Å². The summed E-state index contributed by atoms with van der Waals surface area (Å²) in [6, 6.07) is 17.4. The van der Waals surface area contributed by atoms with Crippen molar-refractivity contribution in [2.45, 2.75) is 26.0 Å². The summed E-state index contributed by atoms with van der Waals surface area (Å²) in [5.74, 6) is -1.03. The molecule has 3 aromatic rings. The molecule has 0 radical (unpaired) electrons. The number of thiocarbonyl (C=S) groups is 1. The molecule has 2 saturated heterocycles. The van der Waals surface area contributed by atoms with E-state index in [0.717, 1.165) is 22.2 Å². The number of ether oxygens (including phenoxy) is 3. The number of amides is 3. The van der Waals surface area contributed by atoms with Crippen molar-refractivity contribution in [1.82, 2.24) is 4.90 Å². The summed E-state index contributed by atoms with van der Waals surface area (Å²) >= 11 is 12.5. The van der Waals surface area contributed by atoms with Gasteiger partial charge in [0.25, 0.3) is 11.8 Å². The van der Waals surface area contributed by atoms with Crippen LogP contribution in [0.4, 0.5) is 5.69 Å². The van der Waals surface area contributed by atoms with Crippen LogP contribution in [0, 0.1) is 0 Å². The molecule has 12 heteroatoms. The van der Waals surface area contributed by atoms with Gasteiger partial charge in [-0.15, -0.1) is 0 Å². The highest BCUT2D eigenvalue weighted by Crippen LogP contribution is 2.38. The Morgan fingerprint density at radius 1 is 1.05 bits per heavy atom. The number of carbonyl (C=O) groups is 4. The van der Waals surface area contributed by atoms with Crippen LogP contribution >= 0.6 is 35.6 Å². The Morgan fingerprint density at radius 3 is 2.44 bits per heavy atom. The summed E-state index contributed by atoms with van der Waals surface area (Å²) in [6.45, 7) is 2.23. The van der Waals surface area contributed by atoms with Gasteiger partial charge in [-0.3, -0.25) is 19.3 Å². The van der Waals surface area contributed by atoms with E-state index in [2.05, 4.69) is 0 Å². The summed E-state index contributed by atoms with van der Waals surface area (Å²) in [4.78, 5) is 54.2. The van der Waals surface area contributed by atoms with Gasteiger partial charge in [0, 0.05) is 5.02 Å². The van der Waals surface area contributed by atoms with Crippen LogP contribution in [0.2, 0.25) is 5.02 Å². The third-order valence-electron chi connectivity index (χ3n) is 6.69. The first-order valence-electron chi connectivity index (χ1n) is 13.2. The Hall–Kier alpha value is -4.19. The number of halogens is 1. The van der Waals surface area contributed by atoms with E-state index in [1.165, 1.54) is 36.3 Å². The summed E-state index contributed by atoms with van der Waals surface area (Å²) < 4.78 is 16.6.